The van der Waals surface area contributed by atoms with Crippen LogP contribution in [-0.4, -0.2) is 68.2 Å². The quantitative estimate of drug-likeness (QED) is 0.796. The van der Waals surface area contributed by atoms with Crippen LogP contribution in [0.1, 0.15) is 12.8 Å². The Morgan fingerprint density at radius 3 is 2.50 bits per heavy atom. The Hall–Kier alpha value is -0.820. The van der Waals surface area contributed by atoms with Crippen LogP contribution in [0.2, 0.25) is 0 Å². The van der Waals surface area contributed by atoms with E-state index in [4.69, 9.17) is 0 Å². The molecule has 106 valence electrons. The molecule has 0 aromatic rings. The van der Waals surface area contributed by atoms with Crippen molar-refractivity contribution in [3.8, 4) is 0 Å². The van der Waals surface area contributed by atoms with Crippen molar-refractivity contribution in [1.82, 2.24) is 15.1 Å². The molecule has 1 aliphatic heterocycles. The molecule has 0 aromatic heterocycles. The maximum atomic E-state index is 12.0. The van der Waals surface area contributed by atoms with Crippen molar-refractivity contribution in [1.29, 1.82) is 0 Å². The van der Waals surface area contributed by atoms with E-state index >= 15 is 0 Å². The van der Waals surface area contributed by atoms with E-state index in [2.05, 4.69) is 5.32 Å². The van der Waals surface area contributed by atoms with Crippen molar-refractivity contribution < 1.29 is 18.0 Å². The third-order valence-corrected chi connectivity index (χ3v) is 2.87. The fraction of sp³-hybridized carbons (Fsp3) is 0.909. The first-order chi connectivity index (χ1) is 8.38. The van der Waals surface area contributed by atoms with E-state index in [1.165, 1.54) is 0 Å². The second-order valence-corrected chi connectivity index (χ2v) is 4.59. The number of piperazine rings is 1. The molecule has 0 atom stereocenters. The van der Waals surface area contributed by atoms with Crippen LogP contribution in [0.15, 0.2) is 0 Å². The van der Waals surface area contributed by atoms with Gasteiger partial charge in [-0.1, -0.05) is 0 Å². The summed E-state index contributed by atoms with van der Waals surface area (Å²) < 4.78 is 35.9. The molecule has 1 saturated heterocycles. The van der Waals surface area contributed by atoms with E-state index in [-0.39, 0.29) is 25.4 Å². The van der Waals surface area contributed by atoms with Gasteiger partial charge < -0.3 is 10.2 Å². The fourth-order valence-corrected chi connectivity index (χ4v) is 1.87. The molecule has 1 heterocycles. The predicted octanol–water partition coefficient (Wildman–Crippen LogP) is 0.692. The Morgan fingerprint density at radius 2 is 1.94 bits per heavy atom. The highest BCUT2D eigenvalue weighted by Gasteiger charge is 2.26. The zero-order valence-electron chi connectivity index (χ0n) is 10.6. The Bertz CT molecular complexity index is 265. The number of likely N-dealkylation sites (N-methyl/N-ethyl adjacent to an activating group) is 1. The number of alkyl halides is 3. The van der Waals surface area contributed by atoms with Crippen LogP contribution in [0.25, 0.3) is 0 Å². The fourth-order valence-electron chi connectivity index (χ4n) is 1.87. The molecule has 7 heteroatoms. The molecule has 1 N–H and O–H groups in total. The average molecular weight is 267 g/mol. The van der Waals surface area contributed by atoms with Crippen LogP contribution in [0.5, 0.6) is 0 Å². The Balaban J connectivity index is 2.18. The van der Waals surface area contributed by atoms with Crippen molar-refractivity contribution in [2.24, 2.45) is 0 Å². The number of halogens is 3. The van der Waals surface area contributed by atoms with Gasteiger partial charge in [-0.2, -0.15) is 13.2 Å². The highest BCUT2D eigenvalue weighted by Crippen LogP contribution is 2.21. The Morgan fingerprint density at radius 1 is 1.33 bits per heavy atom. The molecule has 0 bridgehead atoms. The largest absolute Gasteiger partial charge is 0.389 e. The number of amides is 1. The van der Waals surface area contributed by atoms with Gasteiger partial charge in [0.25, 0.3) is 0 Å². The molecule has 4 nitrogen and oxygen atoms in total. The van der Waals surface area contributed by atoms with E-state index in [1.807, 2.05) is 0 Å². The molecule has 0 aliphatic carbocycles. The Labute approximate surface area is 105 Å². The van der Waals surface area contributed by atoms with Gasteiger partial charge in [0, 0.05) is 32.6 Å². The summed E-state index contributed by atoms with van der Waals surface area (Å²) in [5, 5.41) is 3.14. The lowest BCUT2D eigenvalue weighted by molar-refractivity contribution is -0.136. The van der Waals surface area contributed by atoms with Crippen LogP contribution >= 0.6 is 0 Å². The normalized spacial score (nSPS) is 17.3. The van der Waals surface area contributed by atoms with E-state index in [9.17, 15) is 18.0 Å². The first kappa shape index (κ1) is 15.2. The zero-order chi connectivity index (χ0) is 13.6. The number of rotatable bonds is 5. The van der Waals surface area contributed by atoms with Crippen molar-refractivity contribution in [3.05, 3.63) is 0 Å². The van der Waals surface area contributed by atoms with Crippen molar-refractivity contribution in [2.45, 2.75) is 19.0 Å². The van der Waals surface area contributed by atoms with Crippen molar-refractivity contribution in [2.75, 3.05) is 46.3 Å². The van der Waals surface area contributed by atoms with Crippen LogP contribution < -0.4 is 5.32 Å². The topological polar surface area (TPSA) is 35.6 Å². The minimum atomic E-state index is -4.11. The molecule has 0 unspecified atom stereocenters. The van der Waals surface area contributed by atoms with Gasteiger partial charge in [0.1, 0.15) is 0 Å². The van der Waals surface area contributed by atoms with E-state index in [0.29, 0.717) is 13.1 Å². The average Bonchev–Trinajstić information content (AvgIpc) is 2.28. The SMILES string of the molecule is CN(CCCC(F)(F)F)CC(=O)N1CCNCC1. The maximum Gasteiger partial charge on any atom is 0.389 e. The summed E-state index contributed by atoms with van der Waals surface area (Å²) in [6.45, 7) is 3.40. The molecule has 1 fully saturated rings. The standard InChI is InChI=1S/C11H20F3N3O/c1-16(6-2-3-11(12,13)14)9-10(18)17-7-4-15-5-8-17/h15H,2-9H2,1H3. The van der Waals surface area contributed by atoms with Crippen LogP contribution in [0.3, 0.4) is 0 Å². The van der Waals surface area contributed by atoms with Gasteiger partial charge in [0.2, 0.25) is 5.91 Å². The summed E-state index contributed by atoms with van der Waals surface area (Å²) in [5.41, 5.74) is 0. The van der Waals surface area contributed by atoms with Gasteiger partial charge in [0.15, 0.2) is 0 Å². The summed E-state index contributed by atoms with van der Waals surface area (Å²) in [7, 11) is 1.68. The van der Waals surface area contributed by atoms with Gasteiger partial charge in [0.05, 0.1) is 6.54 Å². The third-order valence-electron chi connectivity index (χ3n) is 2.87. The minimum absolute atomic E-state index is 0.00833. The summed E-state index contributed by atoms with van der Waals surface area (Å²) in [4.78, 5) is 15.2. The van der Waals surface area contributed by atoms with Crippen LogP contribution in [-0.2, 0) is 4.79 Å². The van der Waals surface area contributed by atoms with E-state index in [0.717, 1.165) is 13.1 Å². The summed E-state index contributed by atoms with van der Waals surface area (Å²) in [6, 6.07) is 0. The molecule has 1 aliphatic rings. The molecular formula is C11H20F3N3O. The highest BCUT2D eigenvalue weighted by molar-refractivity contribution is 5.78. The predicted molar refractivity (Wildman–Crippen MR) is 62.2 cm³/mol. The summed E-state index contributed by atoms with van der Waals surface area (Å²) in [5.74, 6) is -0.00833. The Kier molecular flexibility index (Phi) is 5.87. The van der Waals surface area contributed by atoms with Gasteiger partial charge in [-0.15, -0.1) is 0 Å². The zero-order valence-corrected chi connectivity index (χ0v) is 10.6. The lowest BCUT2D eigenvalue weighted by Gasteiger charge is -2.29. The van der Waals surface area contributed by atoms with Crippen LogP contribution in [0, 0.1) is 0 Å². The molecular weight excluding hydrogens is 247 g/mol. The minimum Gasteiger partial charge on any atom is -0.339 e. The molecule has 0 spiro atoms. The lowest BCUT2D eigenvalue weighted by atomic mass is 10.3. The number of nitrogens with one attached hydrogen (secondary N) is 1. The molecule has 18 heavy (non-hydrogen) atoms. The summed E-state index contributed by atoms with van der Waals surface area (Å²) >= 11 is 0. The number of hydrogen-bond acceptors (Lipinski definition) is 3. The monoisotopic (exact) mass is 267 g/mol. The molecule has 1 amide bonds. The van der Waals surface area contributed by atoms with E-state index in [1.54, 1.807) is 16.8 Å². The van der Waals surface area contributed by atoms with E-state index < -0.39 is 12.6 Å². The second kappa shape index (κ2) is 6.94. The lowest BCUT2D eigenvalue weighted by Crippen LogP contribution is -2.49. The molecule has 0 radical (unpaired) electrons. The smallest absolute Gasteiger partial charge is 0.339 e. The first-order valence-corrected chi connectivity index (χ1v) is 6.12. The van der Waals surface area contributed by atoms with Crippen LogP contribution in [0.4, 0.5) is 13.2 Å². The van der Waals surface area contributed by atoms with Gasteiger partial charge in [-0.05, 0) is 20.0 Å². The second-order valence-electron chi connectivity index (χ2n) is 4.59. The molecule has 0 aromatic carbocycles. The third kappa shape index (κ3) is 6.20. The molecule has 1 rings (SSSR count). The van der Waals surface area contributed by atoms with Gasteiger partial charge in [-0.25, -0.2) is 0 Å². The number of carbonyl (C=O) groups is 1. The van der Waals surface area contributed by atoms with Crippen molar-refractivity contribution in [3.63, 3.8) is 0 Å². The number of nitrogens with zero attached hydrogens (tertiary/aromatic N) is 2. The number of hydrogen-bond donors (Lipinski definition) is 1. The van der Waals surface area contributed by atoms with Gasteiger partial charge in [-0.3, -0.25) is 9.69 Å². The summed E-state index contributed by atoms with van der Waals surface area (Å²) in [6.07, 6.45) is -4.86. The first-order valence-electron chi connectivity index (χ1n) is 6.12. The van der Waals surface area contributed by atoms with Gasteiger partial charge >= 0.3 is 6.18 Å². The molecule has 0 saturated carbocycles. The highest BCUT2D eigenvalue weighted by atomic mass is 19.4. The number of carbonyl (C=O) groups excluding carboxylic acids is 1. The van der Waals surface area contributed by atoms with Crippen molar-refractivity contribution >= 4 is 5.91 Å². The maximum absolute atomic E-state index is 12.0.